The quantitative estimate of drug-likeness (QED) is 0.275. The molecule has 1 atom stereocenters. The molecule has 3 heterocycles. The van der Waals surface area contributed by atoms with E-state index in [0.29, 0.717) is 30.6 Å². The fraction of sp³-hybridized carbons (Fsp3) is 0.355. The van der Waals surface area contributed by atoms with Gasteiger partial charge in [0, 0.05) is 59.4 Å². The summed E-state index contributed by atoms with van der Waals surface area (Å²) in [6.45, 7) is 16.7. The van der Waals surface area contributed by atoms with Crippen molar-refractivity contribution in [3.8, 4) is 11.3 Å². The maximum atomic E-state index is 14.3. The second-order valence-electron chi connectivity index (χ2n) is 9.28. The van der Waals surface area contributed by atoms with Crippen LogP contribution in [-0.2, 0) is 11.3 Å². The molecule has 4 rings (SSSR count). The smallest absolute Gasteiger partial charge is 0.221 e. The Balaban J connectivity index is 0.00000205. The van der Waals surface area contributed by atoms with Crippen molar-refractivity contribution in [2.75, 3.05) is 19.8 Å². The number of H-pyrrole nitrogens is 1. The van der Waals surface area contributed by atoms with Crippen LogP contribution in [0, 0.1) is 18.7 Å². The van der Waals surface area contributed by atoms with Crippen molar-refractivity contribution in [2.24, 2.45) is 15.9 Å². The molecule has 0 aliphatic carbocycles. The summed E-state index contributed by atoms with van der Waals surface area (Å²) in [5.41, 5.74) is 5.41. The van der Waals surface area contributed by atoms with Gasteiger partial charge in [-0.3, -0.25) is 15.0 Å². The number of halogens is 1. The van der Waals surface area contributed by atoms with E-state index < -0.39 is 0 Å². The first-order valence-electron chi connectivity index (χ1n) is 13.4. The summed E-state index contributed by atoms with van der Waals surface area (Å²) in [4.78, 5) is 15.5. The molecule has 2 aromatic heterocycles. The van der Waals surface area contributed by atoms with Crippen molar-refractivity contribution in [1.82, 2.24) is 20.1 Å². The van der Waals surface area contributed by atoms with Gasteiger partial charge in [0.05, 0.1) is 5.69 Å². The number of pyridine rings is 1. The number of aromatic amines is 1. The molecule has 39 heavy (non-hydrogen) atoms. The van der Waals surface area contributed by atoms with E-state index in [-0.39, 0.29) is 11.7 Å². The van der Waals surface area contributed by atoms with E-state index in [4.69, 9.17) is 4.74 Å². The van der Waals surface area contributed by atoms with E-state index in [1.54, 1.807) is 18.5 Å². The molecule has 8 heteroatoms. The van der Waals surface area contributed by atoms with Gasteiger partial charge in [-0.25, -0.2) is 14.4 Å². The molecule has 0 spiro atoms. The van der Waals surface area contributed by atoms with Gasteiger partial charge in [-0.15, -0.1) is 13.2 Å². The molecule has 7 nitrogen and oxygen atoms in total. The predicted octanol–water partition coefficient (Wildman–Crippen LogP) is 6.85. The van der Waals surface area contributed by atoms with Crippen molar-refractivity contribution in [3.05, 3.63) is 90.2 Å². The second kappa shape index (κ2) is 14.9. The topological polar surface area (TPSA) is 78.8 Å². The molecule has 0 bridgehead atoms. The predicted molar refractivity (Wildman–Crippen MR) is 158 cm³/mol. The summed E-state index contributed by atoms with van der Waals surface area (Å²) in [7, 11) is 0. The highest BCUT2D eigenvalue weighted by Gasteiger charge is 2.25. The fourth-order valence-electron chi connectivity index (χ4n) is 4.50. The number of hydrogen-bond acceptors (Lipinski definition) is 6. The third kappa shape index (κ3) is 7.80. The minimum absolute atomic E-state index is 0.0954. The maximum Gasteiger partial charge on any atom is 0.221 e. The summed E-state index contributed by atoms with van der Waals surface area (Å²) >= 11 is 0. The molecular weight excluding hydrogens is 491 g/mol. The molecule has 1 aromatic carbocycles. The highest BCUT2D eigenvalue weighted by atomic mass is 19.1. The van der Waals surface area contributed by atoms with Crippen LogP contribution in [-0.4, -0.2) is 51.6 Å². The van der Waals surface area contributed by atoms with Gasteiger partial charge in [0.1, 0.15) is 12.5 Å². The van der Waals surface area contributed by atoms with E-state index in [2.05, 4.69) is 63.1 Å². The third-order valence-corrected chi connectivity index (χ3v) is 6.55. The monoisotopic (exact) mass is 530 g/mol. The van der Waals surface area contributed by atoms with Crippen LogP contribution in [0.15, 0.2) is 77.5 Å². The van der Waals surface area contributed by atoms with E-state index in [1.807, 2.05) is 38.1 Å². The Morgan fingerprint density at radius 1 is 1.15 bits per heavy atom. The lowest BCUT2D eigenvalue weighted by Crippen LogP contribution is -2.36. The fourth-order valence-corrected chi connectivity index (χ4v) is 4.50. The van der Waals surface area contributed by atoms with Crippen LogP contribution in [0.1, 0.15) is 50.4 Å². The van der Waals surface area contributed by atoms with Gasteiger partial charge in [0.15, 0.2) is 5.90 Å². The molecule has 0 saturated carbocycles. The lowest BCUT2D eigenvalue weighted by atomic mass is 10.0. The molecule has 1 unspecified atom stereocenters. The number of nitrogens with zero attached hydrogens (tertiary/aromatic N) is 5. The van der Waals surface area contributed by atoms with Crippen molar-refractivity contribution < 1.29 is 9.13 Å². The van der Waals surface area contributed by atoms with E-state index in [0.717, 1.165) is 54.0 Å². The van der Waals surface area contributed by atoms with Crippen molar-refractivity contribution in [1.29, 1.82) is 0 Å². The number of ether oxygens (including phenoxy) is 1. The van der Waals surface area contributed by atoms with Gasteiger partial charge in [-0.05, 0) is 51.1 Å². The van der Waals surface area contributed by atoms with Crippen LogP contribution in [0.3, 0.4) is 0 Å². The number of aryl methyl sites for hydroxylation is 1. The first-order chi connectivity index (χ1) is 19.0. The molecule has 0 fully saturated rings. The number of hydrogen-bond donors (Lipinski definition) is 1. The van der Waals surface area contributed by atoms with E-state index in [9.17, 15) is 4.39 Å². The molecule has 1 N–H and O–H groups in total. The number of rotatable bonds is 11. The lowest BCUT2D eigenvalue weighted by Gasteiger charge is -2.28. The number of nitrogens with one attached hydrogen (secondary N) is 1. The number of benzene rings is 1. The summed E-state index contributed by atoms with van der Waals surface area (Å²) in [5.74, 6) is 1.20. The Morgan fingerprint density at radius 2 is 1.90 bits per heavy atom. The van der Waals surface area contributed by atoms with E-state index >= 15 is 0 Å². The van der Waals surface area contributed by atoms with Crippen molar-refractivity contribution in [2.45, 2.75) is 47.1 Å². The molecule has 3 aromatic rings. The van der Waals surface area contributed by atoms with Gasteiger partial charge in [0.25, 0.3) is 0 Å². The first kappa shape index (κ1) is 29.6. The Morgan fingerprint density at radius 3 is 2.59 bits per heavy atom. The number of aliphatic imine (C=N–C) groups is 2. The van der Waals surface area contributed by atoms with Gasteiger partial charge < -0.3 is 4.74 Å². The van der Waals surface area contributed by atoms with Gasteiger partial charge in [0.2, 0.25) is 5.90 Å². The SMILES string of the molecule is C=C.CCCC(CN(CC)Cc1ccccc1F)C1=NCN=C(/C(C)=C/c2c(-c3ccncc3)n[nH]c2C)O1. The van der Waals surface area contributed by atoms with Crippen LogP contribution in [0.5, 0.6) is 0 Å². The average Bonchev–Trinajstić information content (AvgIpc) is 3.34. The molecule has 1 aliphatic heterocycles. The minimum Gasteiger partial charge on any atom is -0.425 e. The second-order valence-corrected chi connectivity index (χ2v) is 9.28. The number of aromatic nitrogens is 3. The lowest BCUT2D eigenvalue weighted by molar-refractivity contribution is 0.239. The highest BCUT2D eigenvalue weighted by molar-refractivity contribution is 6.05. The van der Waals surface area contributed by atoms with Gasteiger partial charge >= 0.3 is 0 Å². The molecule has 1 aliphatic rings. The summed E-state index contributed by atoms with van der Waals surface area (Å²) in [5, 5.41) is 7.59. The van der Waals surface area contributed by atoms with Gasteiger partial charge in [-0.2, -0.15) is 5.10 Å². The molecule has 0 amide bonds. The van der Waals surface area contributed by atoms with Gasteiger partial charge in [-0.1, -0.05) is 38.5 Å². The van der Waals surface area contributed by atoms with Crippen molar-refractivity contribution in [3.63, 3.8) is 0 Å². The Bertz CT molecular complexity index is 1300. The Labute approximate surface area is 231 Å². The van der Waals surface area contributed by atoms with Crippen LogP contribution >= 0.6 is 0 Å². The Hall–Kier alpha value is -3.91. The van der Waals surface area contributed by atoms with Crippen LogP contribution in [0.2, 0.25) is 0 Å². The molecule has 0 saturated heterocycles. The molecule has 206 valence electrons. The standard InChI is InChI=1S/C29H35FN6O.C2H4/c1-5-9-24(18-36(6-2)17-23-10-7-8-11-26(23)30)29-33-19-32-28(37-29)20(3)16-25-21(4)34-35-27(25)22-12-14-31-15-13-22;1-2/h7-8,10-16,24H,5-6,9,17-19H2,1-4H3,(H,34,35);1-2H2/b20-16+;. The zero-order valence-electron chi connectivity index (χ0n) is 23.5. The van der Waals surface area contributed by atoms with Crippen LogP contribution in [0.25, 0.3) is 17.3 Å². The molecular formula is C31H39FN6O. The largest absolute Gasteiger partial charge is 0.425 e. The third-order valence-electron chi connectivity index (χ3n) is 6.55. The van der Waals surface area contributed by atoms with E-state index in [1.165, 1.54) is 6.07 Å². The van der Waals surface area contributed by atoms with Crippen LogP contribution < -0.4 is 0 Å². The molecule has 0 radical (unpaired) electrons. The first-order valence-corrected chi connectivity index (χ1v) is 13.4. The summed E-state index contributed by atoms with van der Waals surface area (Å²) in [6, 6.07) is 10.8. The minimum atomic E-state index is -0.171. The zero-order valence-corrected chi connectivity index (χ0v) is 23.5. The summed E-state index contributed by atoms with van der Waals surface area (Å²) in [6.07, 6.45) is 7.50. The maximum absolute atomic E-state index is 14.3. The Kier molecular flexibility index (Phi) is 11.3. The zero-order chi connectivity index (χ0) is 28.2. The summed E-state index contributed by atoms with van der Waals surface area (Å²) < 4.78 is 20.6. The normalized spacial score (nSPS) is 14.2. The van der Waals surface area contributed by atoms with Crippen LogP contribution in [0.4, 0.5) is 4.39 Å². The van der Waals surface area contributed by atoms with Crippen molar-refractivity contribution >= 4 is 17.9 Å². The average molecular weight is 531 g/mol. The highest BCUT2D eigenvalue weighted by Crippen LogP contribution is 2.26.